The first kappa shape index (κ1) is 16.4. The zero-order valence-corrected chi connectivity index (χ0v) is 13.1. The smallest absolute Gasteiger partial charge is 0.296 e. The molecule has 1 heterocycles. The Labute approximate surface area is 124 Å². The number of benzene rings is 1. The highest BCUT2D eigenvalue weighted by molar-refractivity contribution is 7.86. The van der Waals surface area contributed by atoms with Crippen LogP contribution in [0.25, 0.3) is 0 Å². The van der Waals surface area contributed by atoms with Gasteiger partial charge in [0.2, 0.25) is 0 Å². The molecule has 6 nitrogen and oxygen atoms in total. The van der Waals surface area contributed by atoms with Crippen LogP contribution >= 0.6 is 0 Å². The molecule has 21 heavy (non-hydrogen) atoms. The Balaban J connectivity index is 2.10. The van der Waals surface area contributed by atoms with Gasteiger partial charge in [0, 0.05) is 6.42 Å². The van der Waals surface area contributed by atoms with Gasteiger partial charge in [-0.05, 0) is 31.5 Å². The van der Waals surface area contributed by atoms with Crippen LogP contribution in [-0.4, -0.2) is 45.2 Å². The molecule has 2 atom stereocenters. The minimum atomic E-state index is -3.67. The summed E-state index contributed by atoms with van der Waals surface area (Å²) >= 11 is 0. The van der Waals surface area contributed by atoms with Crippen LogP contribution in [0.15, 0.2) is 29.2 Å². The summed E-state index contributed by atoms with van der Waals surface area (Å²) in [6.45, 7) is 3.47. The molecule has 1 fully saturated rings. The first-order valence-corrected chi connectivity index (χ1v) is 8.04. The third kappa shape index (κ3) is 3.81. The van der Waals surface area contributed by atoms with E-state index < -0.39 is 15.9 Å². The van der Waals surface area contributed by atoms with E-state index in [4.69, 9.17) is 9.47 Å². The van der Waals surface area contributed by atoms with E-state index in [1.165, 1.54) is 12.1 Å². The summed E-state index contributed by atoms with van der Waals surface area (Å²) in [4.78, 5) is 0.108. The molecule has 1 aromatic rings. The normalized spacial score (nSPS) is 25.1. The molecule has 0 bridgehead atoms. The minimum absolute atomic E-state index is 0.108. The number of hydrogen-bond donors (Lipinski definition) is 1. The van der Waals surface area contributed by atoms with Crippen molar-refractivity contribution in [3.8, 4) is 0 Å². The van der Waals surface area contributed by atoms with Gasteiger partial charge in [0.25, 0.3) is 10.1 Å². The van der Waals surface area contributed by atoms with Crippen LogP contribution in [0.3, 0.4) is 0 Å². The lowest BCUT2D eigenvalue weighted by molar-refractivity contribution is -0.149. The predicted molar refractivity (Wildman–Crippen MR) is 75.3 cm³/mol. The van der Waals surface area contributed by atoms with Crippen LogP contribution in [0.4, 0.5) is 0 Å². The van der Waals surface area contributed by atoms with Gasteiger partial charge in [-0.1, -0.05) is 12.1 Å². The zero-order chi connectivity index (χ0) is 15.7. The maximum absolute atomic E-state index is 11.5. The molecule has 7 heteroatoms. The molecule has 1 aromatic carbocycles. The molecule has 1 saturated heterocycles. The highest BCUT2D eigenvalue weighted by Crippen LogP contribution is 2.30. The van der Waals surface area contributed by atoms with E-state index in [0.29, 0.717) is 6.42 Å². The number of aliphatic hydroxyl groups excluding tert-OH is 1. The van der Waals surface area contributed by atoms with Crippen molar-refractivity contribution in [3.05, 3.63) is 29.8 Å². The first-order chi connectivity index (χ1) is 9.77. The van der Waals surface area contributed by atoms with Crippen LogP contribution in [0, 0.1) is 0 Å². The van der Waals surface area contributed by atoms with E-state index in [1.54, 1.807) is 26.0 Å². The van der Waals surface area contributed by atoms with Gasteiger partial charge in [-0.25, -0.2) is 0 Å². The summed E-state index contributed by atoms with van der Waals surface area (Å²) in [7, 11) is -2.55. The fourth-order valence-electron chi connectivity index (χ4n) is 2.36. The number of aliphatic hydroxyl groups is 1. The van der Waals surface area contributed by atoms with Crippen LogP contribution in [0.5, 0.6) is 0 Å². The van der Waals surface area contributed by atoms with Gasteiger partial charge in [-0.3, -0.25) is 4.18 Å². The molecule has 1 N–H and O–H groups in total. The lowest BCUT2D eigenvalue weighted by atomic mass is 10.0. The summed E-state index contributed by atoms with van der Waals surface area (Å²) in [6.07, 6.45) is -0.126. The van der Waals surface area contributed by atoms with Gasteiger partial charge in [-0.2, -0.15) is 8.42 Å². The maximum Gasteiger partial charge on any atom is 0.296 e. The predicted octanol–water partition coefficient (Wildman–Crippen LogP) is 1.08. The van der Waals surface area contributed by atoms with Gasteiger partial charge < -0.3 is 14.6 Å². The van der Waals surface area contributed by atoms with Crippen molar-refractivity contribution in [2.75, 3.05) is 13.7 Å². The molecule has 118 valence electrons. The fourth-order valence-corrected chi connectivity index (χ4v) is 3.02. The summed E-state index contributed by atoms with van der Waals surface area (Å²) in [5, 5.41) is 9.33. The average Bonchev–Trinajstić information content (AvgIpc) is 2.73. The van der Waals surface area contributed by atoms with E-state index in [1.807, 2.05) is 0 Å². The molecule has 0 spiro atoms. The molecule has 0 amide bonds. The monoisotopic (exact) mass is 316 g/mol. The van der Waals surface area contributed by atoms with Crippen LogP contribution in [-0.2, 0) is 30.2 Å². The van der Waals surface area contributed by atoms with E-state index >= 15 is 0 Å². The average molecular weight is 316 g/mol. The van der Waals surface area contributed by atoms with E-state index in [-0.39, 0.29) is 23.7 Å². The third-order valence-corrected chi connectivity index (χ3v) is 4.62. The summed E-state index contributed by atoms with van der Waals surface area (Å²) in [5.74, 6) is -0.725. The van der Waals surface area contributed by atoms with E-state index in [0.717, 1.165) is 12.7 Å². The first-order valence-electron chi connectivity index (χ1n) is 6.63. The van der Waals surface area contributed by atoms with E-state index in [2.05, 4.69) is 4.18 Å². The van der Waals surface area contributed by atoms with E-state index in [9.17, 15) is 13.5 Å². The van der Waals surface area contributed by atoms with Crippen molar-refractivity contribution >= 4 is 10.1 Å². The largest absolute Gasteiger partial charge is 0.394 e. The second kappa shape index (κ2) is 6.02. The minimum Gasteiger partial charge on any atom is -0.394 e. The quantitative estimate of drug-likeness (QED) is 0.819. The number of ether oxygens (including phenoxy) is 2. The Morgan fingerprint density at radius 1 is 1.19 bits per heavy atom. The molecule has 2 rings (SSSR count). The Bertz CT molecular complexity index is 578. The molecule has 0 aromatic heterocycles. The summed E-state index contributed by atoms with van der Waals surface area (Å²) in [5.41, 5.74) is 0.898. The standard InChI is InChI=1S/C14H20O6S/c1-14(2)19-12(13(9-15)20-14)8-10-4-6-11(7-5-10)21(16,17)18-3/h4-7,12-13,15H,8-9H2,1-3H3. The van der Waals surface area contributed by atoms with Gasteiger partial charge in [0.05, 0.1) is 24.7 Å². The highest BCUT2D eigenvalue weighted by Gasteiger charge is 2.40. The molecule has 0 aliphatic carbocycles. The molecular weight excluding hydrogens is 296 g/mol. The molecule has 1 aliphatic heterocycles. The highest BCUT2D eigenvalue weighted by atomic mass is 32.2. The van der Waals surface area contributed by atoms with Gasteiger partial charge in [0.15, 0.2) is 5.79 Å². The number of hydrogen-bond acceptors (Lipinski definition) is 6. The van der Waals surface area contributed by atoms with Crippen LogP contribution in [0.2, 0.25) is 0 Å². The third-order valence-electron chi connectivity index (χ3n) is 3.33. The van der Waals surface area contributed by atoms with Crippen molar-refractivity contribution < 1.29 is 27.2 Å². The van der Waals surface area contributed by atoms with Gasteiger partial charge in [0.1, 0.15) is 6.10 Å². The van der Waals surface area contributed by atoms with Gasteiger partial charge >= 0.3 is 0 Å². The Morgan fingerprint density at radius 2 is 1.76 bits per heavy atom. The Hall–Kier alpha value is -0.990. The second-order valence-corrected chi connectivity index (χ2v) is 7.08. The molecule has 1 aliphatic rings. The van der Waals surface area contributed by atoms with Crippen molar-refractivity contribution in [2.45, 2.75) is 43.2 Å². The lowest BCUT2D eigenvalue weighted by Crippen LogP contribution is -2.28. The second-order valence-electron chi connectivity index (χ2n) is 5.36. The molecule has 0 saturated carbocycles. The molecule has 2 unspecified atom stereocenters. The van der Waals surface area contributed by atoms with Crippen molar-refractivity contribution in [2.24, 2.45) is 0 Å². The van der Waals surface area contributed by atoms with Crippen molar-refractivity contribution in [3.63, 3.8) is 0 Å². The fraction of sp³-hybridized carbons (Fsp3) is 0.571. The Kier molecular flexibility index (Phi) is 4.69. The lowest BCUT2D eigenvalue weighted by Gasteiger charge is -2.17. The summed E-state index contributed by atoms with van der Waals surface area (Å²) in [6, 6.07) is 6.39. The molecule has 0 radical (unpaired) electrons. The SMILES string of the molecule is COS(=O)(=O)c1ccc(CC2OC(C)(C)OC2CO)cc1. The van der Waals surface area contributed by atoms with Crippen LogP contribution < -0.4 is 0 Å². The Morgan fingerprint density at radius 3 is 2.29 bits per heavy atom. The van der Waals surface area contributed by atoms with Crippen molar-refractivity contribution in [1.29, 1.82) is 0 Å². The summed E-state index contributed by atoms with van der Waals surface area (Å²) < 4.78 is 38.9. The topological polar surface area (TPSA) is 82.1 Å². The maximum atomic E-state index is 11.5. The van der Waals surface area contributed by atoms with Gasteiger partial charge in [-0.15, -0.1) is 0 Å². The van der Waals surface area contributed by atoms with Crippen LogP contribution in [0.1, 0.15) is 19.4 Å². The zero-order valence-electron chi connectivity index (χ0n) is 12.3. The molecular formula is C14H20O6S. The number of rotatable bonds is 5. The van der Waals surface area contributed by atoms with Crippen molar-refractivity contribution in [1.82, 2.24) is 0 Å².